The van der Waals surface area contributed by atoms with Crippen LogP contribution in [0.3, 0.4) is 0 Å². The summed E-state index contributed by atoms with van der Waals surface area (Å²) < 4.78 is 5.92. The molecule has 0 fully saturated rings. The largest absolute Gasteiger partial charge is 0.491 e. The van der Waals surface area contributed by atoms with Gasteiger partial charge in [0.25, 0.3) is 0 Å². The van der Waals surface area contributed by atoms with Gasteiger partial charge in [0.05, 0.1) is 6.04 Å². The van der Waals surface area contributed by atoms with E-state index in [1.165, 1.54) is 16.7 Å². The number of fused-ring (bicyclic) bond motifs is 1. The van der Waals surface area contributed by atoms with Gasteiger partial charge in [-0.3, -0.25) is 0 Å². The zero-order valence-corrected chi connectivity index (χ0v) is 11.3. The van der Waals surface area contributed by atoms with E-state index < -0.39 is 0 Å². The maximum atomic E-state index is 5.92. The first-order valence-electron chi connectivity index (χ1n) is 6.64. The molecular weight excluding hydrogens is 210 g/mol. The average Bonchev–Trinajstić information content (AvgIpc) is 2.71. The molecule has 17 heavy (non-hydrogen) atoms. The summed E-state index contributed by atoms with van der Waals surface area (Å²) >= 11 is 0. The Bertz CT molecular complexity index is 398. The molecular formula is C15H23NO. The van der Waals surface area contributed by atoms with E-state index in [1.54, 1.807) is 0 Å². The standard InChI is InChI=1S/C15H23NO/c1-5-8-16-13-9-17-15-12(10(2)3)7-6-11(4)14(13)15/h6-7,10,13,16H,5,8-9H2,1-4H3. The lowest BCUT2D eigenvalue weighted by Gasteiger charge is -2.15. The van der Waals surface area contributed by atoms with Crippen molar-refractivity contribution in [1.29, 1.82) is 0 Å². The Morgan fingerprint density at radius 2 is 2.18 bits per heavy atom. The number of benzene rings is 1. The van der Waals surface area contributed by atoms with Crippen molar-refractivity contribution in [2.75, 3.05) is 13.2 Å². The third kappa shape index (κ3) is 2.32. The van der Waals surface area contributed by atoms with Gasteiger partial charge in [-0.1, -0.05) is 32.9 Å². The van der Waals surface area contributed by atoms with Crippen LogP contribution in [0.15, 0.2) is 12.1 Å². The second-order valence-electron chi connectivity index (χ2n) is 5.19. The molecule has 1 atom stereocenters. The Balaban J connectivity index is 2.34. The number of ether oxygens (including phenoxy) is 1. The normalized spacial score (nSPS) is 18.3. The molecule has 0 aliphatic carbocycles. The van der Waals surface area contributed by atoms with Gasteiger partial charge in [-0.25, -0.2) is 0 Å². The molecule has 0 saturated heterocycles. The van der Waals surface area contributed by atoms with Gasteiger partial charge in [-0.05, 0) is 36.9 Å². The Hall–Kier alpha value is -1.02. The number of nitrogens with one attached hydrogen (secondary N) is 1. The minimum absolute atomic E-state index is 0.378. The van der Waals surface area contributed by atoms with Crippen LogP contribution in [0.5, 0.6) is 5.75 Å². The van der Waals surface area contributed by atoms with Crippen molar-refractivity contribution in [3.63, 3.8) is 0 Å². The first-order valence-corrected chi connectivity index (χ1v) is 6.64. The van der Waals surface area contributed by atoms with Crippen LogP contribution in [0.4, 0.5) is 0 Å². The van der Waals surface area contributed by atoms with Crippen molar-refractivity contribution < 1.29 is 4.74 Å². The fourth-order valence-corrected chi connectivity index (χ4v) is 2.49. The van der Waals surface area contributed by atoms with E-state index in [4.69, 9.17) is 4.74 Å². The van der Waals surface area contributed by atoms with E-state index in [0.29, 0.717) is 12.0 Å². The maximum Gasteiger partial charge on any atom is 0.128 e. The lowest BCUT2D eigenvalue weighted by atomic mass is 9.94. The van der Waals surface area contributed by atoms with E-state index in [-0.39, 0.29) is 0 Å². The van der Waals surface area contributed by atoms with E-state index in [9.17, 15) is 0 Å². The number of rotatable bonds is 4. The van der Waals surface area contributed by atoms with Crippen LogP contribution in [0.1, 0.15) is 55.8 Å². The van der Waals surface area contributed by atoms with Crippen LogP contribution in [-0.2, 0) is 0 Å². The first kappa shape index (κ1) is 12.4. The van der Waals surface area contributed by atoms with Crippen molar-refractivity contribution >= 4 is 0 Å². The summed E-state index contributed by atoms with van der Waals surface area (Å²) in [6.45, 7) is 10.7. The molecule has 1 aromatic rings. The van der Waals surface area contributed by atoms with Gasteiger partial charge in [0.1, 0.15) is 12.4 Å². The molecule has 2 heteroatoms. The third-order valence-corrected chi connectivity index (χ3v) is 3.45. The predicted octanol–water partition coefficient (Wildman–Crippen LogP) is 3.55. The highest BCUT2D eigenvalue weighted by Gasteiger charge is 2.28. The Morgan fingerprint density at radius 3 is 2.82 bits per heavy atom. The van der Waals surface area contributed by atoms with Crippen molar-refractivity contribution in [3.05, 3.63) is 28.8 Å². The molecule has 0 bridgehead atoms. The fourth-order valence-electron chi connectivity index (χ4n) is 2.49. The predicted molar refractivity (Wildman–Crippen MR) is 71.8 cm³/mol. The average molecular weight is 233 g/mol. The monoisotopic (exact) mass is 233 g/mol. The summed E-state index contributed by atoms with van der Waals surface area (Å²) in [6, 6.07) is 4.81. The van der Waals surface area contributed by atoms with Gasteiger partial charge < -0.3 is 10.1 Å². The lowest BCUT2D eigenvalue weighted by molar-refractivity contribution is 0.308. The molecule has 1 heterocycles. The minimum Gasteiger partial charge on any atom is -0.491 e. The van der Waals surface area contributed by atoms with Crippen LogP contribution in [0, 0.1) is 6.92 Å². The van der Waals surface area contributed by atoms with Gasteiger partial charge in [-0.15, -0.1) is 0 Å². The highest BCUT2D eigenvalue weighted by atomic mass is 16.5. The SMILES string of the molecule is CCCNC1COc2c(C(C)C)ccc(C)c21. The van der Waals surface area contributed by atoms with Gasteiger partial charge >= 0.3 is 0 Å². The number of aryl methyl sites for hydroxylation is 1. The molecule has 1 aliphatic heterocycles. The zero-order chi connectivity index (χ0) is 12.4. The van der Waals surface area contributed by atoms with Crippen LogP contribution in [0.25, 0.3) is 0 Å². The number of hydrogen-bond acceptors (Lipinski definition) is 2. The second kappa shape index (κ2) is 5.09. The topological polar surface area (TPSA) is 21.3 Å². The summed E-state index contributed by atoms with van der Waals surface area (Å²) in [4.78, 5) is 0. The minimum atomic E-state index is 0.378. The quantitative estimate of drug-likeness (QED) is 0.858. The molecule has 1 N–H and O–H groups in total. The van der Waals surface area contributed by atoms with Crippen LogP contribution in [-0.4, -0.2) is 13.2 Å². The first-order chi connectivity index (χ1) is 8.15. The second-order valence-corrected chi connectivity index (χ2v) is 5.19. The Morgan fingerprint density at radius 1 is 1.41 bits per heavy atom. The van der Waals surface area contributed by atoms with Crippen LogP contribution >= 0.6 is 0 Å². The van der Waals surface area contributed by atoms with E-state index in [0.717, 1.165) is 25.3 Å². The highest BCUT2D eigenvalue weighted by Crippen LogP contribution is 2.40. The summed E-state index contributed by atoms with van der Waals surface area (Å²) in [6.07, 6.45) is 1.16. The van der Waals surface area contributed by atoms with Gasteiger partial charge in [-0.2, -0.15) is 0 Å². The molecule has 1 unspecified atom stereocenters. The van der Waals surface area contributed by atoms with Crippen molar-refractivity contribution in [2.24, 2.45) is 0 Å². The molecule has 0 saturated carbocycles. The van der Waals surface area contributed by atoms with E-state index in [2.05, 4.69) is 45.1 Å². The van der Waals surface area contributed by atoms with Gasteiger partial charge in [0.15, 0.2) is 0 Å². The van der Waals surface area contributed by atoms with Crippen LogP contribution in [0.2, 0.25) is 0 Å². The lowest BCUT2D eigenvalue weighted by Crippen LogP contribution is -2.23. The highest BCUT2D eigenvalue weighted by molar-refractivity contribution is 5.51. The summed E-state index contributed by atoms with van der Waals surface area (Å²) in [5.74, 6) is 1.66. The maximum absolute atomic E-state index is 5.92. The van der Waals surface area contributed by atoms with E-state index >= 15 is 0 Å². The summed E-state index contributed by atoms with van der Waals surface area (Å²) in [5.41, 5.74) is 4.06. The smallest absolute Gasteiger partial charge is 0.128 e. The Kier molecular flexibility index (Phi) is 3.72. The third-order valence-electron chi connectivity index (χ3n) is 3.45. The Labute approximate surface area is 104 Å². The van der Waals surface area contributed by atoms with Crippen LogP contribution < -0.4 is 10.1 Å². The zero-order valence-electron chi connectivity index (χ0n) is 11.3. The molecule has 0 amide bonds. The molecule has 2 rings (SSSR count). The molecule has 1 aliphatic rings. The molecule has 0 radical (unpaired) electrons. The van der Waals surface area contributed by atoms with Gasteiger partial charge in [0, 0.05) is 5.56 Å². The fraction of sp³-hybridized carbons (Fsp3) is 0.600. The molecule has 2 nitrogen and oxygen atoms in total. The molecule has 94 valence electrons. The van der Waals surface area contributed by atoms with Crippen molar-refractivity contribution in [3.8, 4) is 5.75 Å². The van der Waals surface area contributed by atoms with E-state index in [1.807, 2.05) is 0 Å². The van der Waals surface area contributed by atoms with Crippen molar-refractivity contribution in [2.45, 2.75) is 46.1 Å². The molecule has 0 aromatic heterocycles. The van der Waals surface area contributed by atoms with Gasteiger partial charge in [0.2, 0.25) is 0 Å². The summed E-state index contributed by atoms with van der Waals surface area (Å²) in [7, 11) is 0. The molecule has 0 spiro atoms. The number of hydrogen-bond donors (Lipinski definition) is 1. The summed E-state index contributed by atoms with van der Waals surface area (Å²) in [5, 5.41) is 3.57. The van der Waals surface area contributed by atoms with Crippen molar-refractivity contribution in [1.82, 2.24) is 5.32 Å². The molecule has 1 aromatic carbocycles.